The standard InChI is InChI=1S/C29H38N8O2/c1-35(2)12-13-36(3)27-7-5-23(18-33-27)34-29(39)28(31)25-15-21(4-6-26(25)30)22-14-20(16-32-17-22)19-37-10-8-24(38)9-11-37/h4-7,14-18,24,31,38H,8-13,19,30H2,1-3H3,(H,34,39). The maximum Gasteiger partial charge on any atom is 0.274 e. The molecule has 1 fully saturated rings. The lowest BCUT2D eigenvalue weighted by atomic mass is 9.99. The molecule has 0 atom stereocenters. The summed E-state index contributed by atoms with van der Waals surface area (Å²) >= 11 is 0. The molecule has 206 valence electrons. The van der Waals surface area contributed by atoms with Gasteiger partial charge < -0.3 is 26.0 Å². The molecule has 5 N–H and O–H groups in total. The monoisotopic (exact) mass is 530 g/mol. The van der Waals surface area contributed by atoms with Crippen molar-refractivity contribution in [2.24, 2.45) is 0 Å². The summed E-state index contributed by atoms with van der Waals surface area (Å²) in [6.07, 6.45) is 6.57. The number of likely N-dealkylation sites (tertiary alicyclic amines) is 1. The second-order valence-electron chi connectivity index (χ2n) is 10.4. The van der Waals surface area contributed by atoms with Gasteiger partial charge in [0.2, 0.25) is 0 Å². The van der Waals surface area contributed by atoms with Crippen molar-refractivity contribution in [3.05, 3.63) is 66.1 Å². The number of anilines is 3. The Bertz CT molecular complexity index is 1290. The molecule has 3 aromatic rings. The van der Waals surface area contributed by atoms with Crippen molar-refractivity contribution in [2.75, 3.05) is 63.3 Å². The Morgan fingerprint density at radius 1 is 1.08 bits per heavy atom. The highest BCUT2D eigenvalue weighted by atomic mass is 16.3. The van der Waals surface area contributed by atoms with Gasteiger partial charge in [-0.2, -0.15) is 0 Å². The predicted molar refractivity (Wildman–Crippen MR) is 156 cm³/mol. The third-order valence-corrected chi connectivity index (χ3v) is 6.92. The van der Waals surface area contributed by atoms with Crippen LogP contribution in [0.3, 0.4) is 0 Å². The lowest BCUT2D eigenvalue weighted by Crippen LogP contribution is -2.35. The minimum Gasteiger partial charge on any atom is -0.398 e. The van der Waals surface area contributed by atoms with E-state index in [9.17, 15) is 9.90 Å². The second kappa shape index (κ2) is 12.8. The summed E-state index contributed by atoms with van der Waals surface area (Å²) in [6.45, 7) is 4.20. The van der Waals surface area contributed by atoms with E-state index < -0.39 is 5.91 Å². The minimum atomic E-state index is -0.562. The van der Waals surface area contributed by atoms with E-state index in [1.165, 1.54) is 0 Å². The van der Waals surface area contributed by atoms with Crippen molar-refractivity contribution < 1.29 is 9.90 Å². The highest BCUT2D eigenvalue weighted by Crippen LogP contribution is 2.26. The number of piperidine rings is 1. The summed E-state index contributed by atoms with van der Waals surface area (Å²) < 4.78 is 0. The highest BCUT2D eigenvalue weighted by Gasteiger charge is 2.19. The molecular formula is C29H38N8O2. The van der Waals surface area contributed by atoms with Crippen LogP contribution in [0.2, 0.25) is 0 Å². The van der Waals surface area contributed by atoms with Crippen LogP contribution >= 0.6 is 0 Å². The number of nitrogens with zero attached hydrogens (tertiary/aromatic N) is 5. The zero-order chi connectivity index (χ0) is 27.9. The molecule has 3 heterocycles. The molecule has 0 unspecified atom stereocenters. The Hall–Kier alpha value is -3.86. The predicted octanol–water partition coefficient (Wildman–Crippen LogP) is 2.69. The van der Waals surface area contributed by atoms with Crippen LogP contribution in [0.15, 0.2) is 55.0 Å². The fourth-order valence-electron chi connectivity index (χ4n) is 4.49. The molecule has 0 radical (unpaired) electrons. The number of rotatable bonds is 10. The number of aliphatic hydroxyl groups excluding tert-OH is 1. The van der Waals surface area contributed by atoms with Crippen LogP contribution < -0.4 is 16.0 Å². The molecule has 10 nitrogen and oxygen atoms in total. The third kappa shape index (κ3) is 7.60. The van der Waals surface area contributed by atoms with E-state index in [-0.39, 0.29) is 11.8 Å². The van der Waals surface area contributed by atoms with E-state index in [1.807, 2.05) is 44.4 Å². The molecule has 1 saturated heterocycles. The molecule has 1 aliphatic heterocycles. The van der Waals surface area contributed by atoms with Gasteiger partial charge in [0.15, 0.2) is 0 Å². The number of nitrogens with two attached hydrogens (primary N) is 1. The van der Waals surface area contributed by atoms with Gasteiger partial charge in [0, 0.05) is 69.0 Å². The van der Waals surface area contributed by atoms with Gasteiger partial charge in [0.05, 0.1) is 18.0 Å². The summed E-state index contributed by atoms with van der Waals surface area (Å²) in [5, 5.41) is 21.1. The smallest absolute Gasteiger partial charge is 0.274 e. The van der Waals surface area contributed by atoms with Crippen molar-refractivity contribution in [3.8, 4) is 11.1 Å². The van der Waals surface area contributed by atoms with E-state index in [0.29, 0.717) is 16.9 Å². The van der Waals surface area contributed by atoms with Crippen molar-refractivity contribution in [2.45, 2.75) is 25.5 Å². The van der Waals surface area contributed by atoms with Gasteiger partial charge in [-0.15, -0.1) is 0 Å². The number of nitrogen functional groups attached to an aromatic ring is 1. The molecule has 1 aromatic carbocycles. The summed E-state index contributed by atoms with van der Waals surface area (Å²) in [5.41, 5.74) is 9.95. The number of amides is 1. The van der Waals surface area contributed by atoms with E-state index >= 15 is 0 Å². The van der Waals surface area contributed by atoms with Crippen LogP contribution in [0.5, 0.6) is 0 Å². The van der Waals surface area contributed by atoms with Gasteiger partial charge in [0.1, 0.15) is 11.5 Å². The average molecular weight is 531 g/mol. The van der Waals surface area contributed by atoms with E-state index in [4.69, 9.17) is 11.1 Å². The van der Waals surface area contributed by atoms with Crippen LogP contribution in [0.4, 0.5) is 17.2 Å². The number of nitrogens with one attached hydrogen (secondary N) is 2. The Kier molecular flexibility index (Phi) is 9.23. The van der Waals surface area contributed by atoms with Crippen LogP contribution in [0, 0.1) is 5.41 Å². The van der Waals surface area contributed by atoms with Crippen molar-refractivity contribution in [1.29, 1.82) is 5.41 Å². The molecule has 4 rings (SSSR count). The second-order valence-corrected chi connectivity index (χ2v) is 10.4. The van der Waals surface area contributed by atoms with Gasteiger partial charge in [-0.25, -0.2) is 4.98 Å². The quantitative estimate of drug-likeness (QED) is 0.232. The first-order valence-corrected chi connectivity index (χ1v) is 13.2. The van der Waals surface area contributed by atoms with Crippen LogP contribution in [0.1, 0.15) is 24.0 Å². The largest absolute Gasteiger partial charge is 0.398 e. The van der Waals surface area contributed by atoms with Gasteiger partial charge in [-0.3, -0.25) is 20.1 Å². The van der Waals surface area contributed by atoms with Gasteiger partial charge in [-0.1, -0.05) is 6.07 Å². The van der Waals surface area contributed by atoms with E-state index in [1.54, 1.807) is 30.6 Å². The van der Waals surface area contributed by atoms with Crippen molar-refractivity contribution in [1.82, 2.24) is 19.8 Å². The Morgan fingerprint density at radius 2 is 1.85 bits per heavy atom. The first kappa shape index (κ1) is 28.2. The fraction of sp³-hybridized carbons (Fsp3) is 0.379. The lowest BCUT2D eigenvalue weighted by Gasteiger charge is -2.29. The van der Waals surface area contributed by atoms with Crippen molar-refractivity contribution in [3.63, 3.8) is 0 Å². The molecule has 2 aromatic heterocycles. The number of pyridine rings is 2. The molecule has 1 aliphatic rings. The minimum absolute atomic E-state index is 0.207. The number of carbonyl (C=O) groups is 1. The number of carbonyl (C=O) groups excluding carboxylic acids is 1. The van der Waals surface area contributed by atoms with Crippen LogP contribution in [0.25, 0.3) is 11.1 Å². The fourth-order valence-corrected chi connectivity index (χ4v) is 4.49. The number of hydrogen-bond acceptors (Lipinski definition) is 9. The first-order chi connectivity index (χ1) is 18.7. The third-order valence-electron chi connectivity index (χ3n) is 6.92. The number of hydrogen-bond donors (Lipinski definition) is 4. The summed E-state index contributed by atoms with van der Waals surface area (Å²) in [5.74, 6) is 0.240. The molecule has 10 heteroatoms. The molecule has 0 aliphatic carbocycles. The number of likely N-dealkylation sites (N-methyl/N-ethyl adjacent to an activating group) is 2. The average Bonchev–Trinajstić information content (AvgIpc) is 2.93. The van der Waals surface area contributed by atoms with Gasteiger partial charge in [0.25, 0.3) is 5.91 Å². The Labute approximate surface area is 230 Å². The summed E-state index contributed by atoms with van der Waals surface area (Å²) in [4.78, 5) is 28.3. The molecule has 39 heavy (non-hydrogen) atoms. The molecular weight excluding hydrogens is 492 g/mol. The van der Waals surface area contributed by atoms with E-state index in [2.05, 4.69) is 31.2 Å². The highest BCUT2D eigenvalue weighted by molar-refractivity contribution is 6.48. The van der Waals surface area contributed by atoms with Crippen LogP contribution in [-0.2, 0) is 11.3 Å². The maximum atomic E-state index is 12.9. The zero-order valence-corrected chi connectivity index (χ0v) is 22.9. The van der Waals surface area contributed by atoms with Gasteiger partial charge >= 0.3 is 0 Å². The Balaban J connectivity index is 1.43. The topological polar surface area (TPSA) is 135 Å². The lowest BCUT2D eigenvalue weighted by molar-refractivity contribution is -0.110. The molecule has 1 amide bonds. The molecule has 0 bridgehead atoms. The Morgan fingerprint density at radius 3 is 2.54 bits per heavy atom. The van der Waals surface area contributed by atoms with Crippen LogP contribution in [-0.4, -0.2) is 89.9 Å². The normalized spacial score (nSPS) is 14.4. The summed E-state index contributed by atoms with van der Waals surface area (Å²) in [6, 6.07) is 11.0. The zero-order valence-electron chi connectivity index (χ0n) is 22.9. The SMILES string of the molecule is CN(C)CCN(C)c1ccc(NC(=O)C(=N)c2cc(-c3cncc(CN4CCC(O)CC4)c3)ccc2N)cn1. The molecule has 0 spiro atoms. The first-order valence-electron chi connectivity index (χ1n) is 13.2. The number of aliphatic hydroxyl groups is 1. The van der Waals surface area contributed by atoms with Gasteiger partial charge in [-0.05, 0) is 68.4 Å². The number of aromatic nitrogens is 2. The van der Waals surface area contributed by atoms with E-state index in [0.717, 1.165) is 68.1 Å². The molecule has 0 saturated carbocycles. The number of benzene rings is 1. The van der Waals surface area contributed by atoms with Crippen molar-refractivity contribution >= 4 is 28.8 Å². The summed E-state index contributed by atoms with van der Waals surface area (Å²) in [7, 11) is 6.02. The maximum absolute atomic E-state index is 12.9.